The van der Waals surface area contributed by atoms with Gasteiger partial charge in [0.25, 0.3) is 0 Å². The highest BCUT2D eigenvalue weighted by atomic mass is 15.1. The zero-order valence-corrected chi connectivity index (χ0v) is 10.1. The second-order valence-electron chi connectivity index (χ2n) is 4.24. The van der Waals surface area contributed by atoms with E-state index in [0.717, 1.165) is 11.3 Å². The highest BCUT2D eigenvalue weighted by Gasteiger charge is 2.04. The number of nitrogens with zero attached hydrogens (tertiary/aromatic N) is 2. The number of H-pyrrole nitrogens is 1. The summed E-state index contributed by atoms with van der Waals surface area (Å²) in [5, 5.41) is 6.97. The lowest BCUT2D eigenvalue weighted by atomic mass is 10.00. The molecule has 0 radical (unpaired) electrons. The summed E-state index contributed by atoms with van der Waals surface area (Å²) in [6.07, 6.45) is 5.48. The number of aryl methyl sites for hydroxylation is 1. The third-order valence-electron chi connectivity index (χ3n) is 3.01. The van der Waals surface area contributed by atoms with Gasteiger partial charge in [-0.1, -0.05) is 18.2 Å². The molecular formula is C15H13N3. The molecule has 0 atom stereocenters. The van der Waals surface area contributed by atoms with Gasteiger partial charge >= 0.3 is 0 Å². The van der Waals surface area contributed by atoms with Gasteiger partial charge in [-0.2, -0.15) is 5.10 Å². The fourth-order valence-corrected chi connectivity index (χ4v) is 2.07. The first kappa shape index (κ1) is 10.7. The summed E-state index contributed by atoms with van der Waals surface area (Å²) in [6, 6.07) is 12.4. The molecule has 0 saturated heterocycles. The summed E-state index contributed by atoms with van der Waals surface area (Å²) in [6.45, 7) is 2.07. The Bertz CT molecular complexity index is 657. The monoisotopic (exact) mass is 235 g/mol. The molecule has 3 heteroatoms. The van der Waals surface area contributed by atoms with Gasteiger partial charge in [-0.15, -0.1) is 0 Å². The molecule has 1 N–H and O–H groups in total. The van der Waals surface area contributed by atoms with E-state index in [2.05, 4.69) is 46.4 Å². The van der Waals surface area contributed by atoms with Crippen LogP contribution in [0.5, 0.6) is 0 Å². The maximum atomic E-state index is 4.13. The molecule has 88 valence electrons. The Balaban J connectivity index is 2.10. The average molecular weight is 235 g/mol. The van der Waals surface area contributed by atoms with Crippen LogP contribution in [0, 0.1) is 6.92 Å². The van der Waals surface area contributed by atoms with E-state index in [1.165, 1.54) is 16.7 Å². The zero-order chi connectivity index (χ0) is 12.4. The Hall–Kier alpha value is -2.42. The summed E-state index contributed by atoms with van der Waals surface area (Å²) >= 11 is 0. The molecule has 2 aromatic heterocycles. The molecule has 2 heterocycles. The van der Waals surface area contributed by atoms with Crippen molar-refractivity contribution < 1.29 is 0 Å². The van der Waals surface area contributed by atoms with Gasteiger partial charge in [0.05, 0.1) is 5.69 Å². The van der Waals surface area contributed by atoms with Crippen LogP contribution in [0.25, 0.3) is 22.4 Å². The van der Waals surface area contributed by atoms with Crippen molar-refractivity contribution in [1.82, 2.24) is 15.2 Å². The van der Waals surface area contributed by atoms with Gasteiger partial charge in [0.2, 0.25) is 0 Å². The van der Waals surface area contributed by atoms with Crippen molar-refractivity contribution in [2.75, 3.05) is 0 Å². The Morgan fingerprint density at radius 1 is 1.00 bits per heavy atom. The molecule has 0 fully saturated rings. The lowest BCUT2D eigenvalue weighted by molar-refractivity contribution is 1.10. The number of nitrogens with one attached hydrogen (secondary N) is 1. The molecular weight excluding hydrogens is 222 g/mol. The Labute approximate surface area is 106 Å². The average Bonchev–Trinajstić information content (AvgIpc) is 2.93. The van der Waals surface area contributed by atoms with Gasteiger partial charge in [0.15, 0.2) is 0 Å². The van der Waals surface area contributed by atoms with E-state index in [9.17, 15) is 0 Å². The summed E-state index contributed by atoms with van der Waals surface area (Å²) in [7, 11) is 0. The van der Waals surface area contributed by atoms with Gasteiger partial charge in [-0.25, -0.2) is 0 Å². The fourth-order valence-electron chi connectivity index (χ4n) is 2.07. The van der Waals surface area contributed by atoms with Crippen LogP contribution in [0.3, 0.4) is 0 Å². The number of pyridine rings is 1. The van der Waals surface area contributed by atoms with Crippen LogP contribution in [-0.4, -0.2) is 15.2 Å². The topological polar surface area (TPSA) is 41.6 Å². The van der Waals surface area contributed by atoms with Crippen LogP contribution < -0.4 is 0 Å². The van der Waals surface area contributed by atoms with E-state index in [1.807, 2.05) is 24.5 Å². The zero-order valence-electron chi connectivity index (χ0n) is 10.1. The molecule has 0 amide bonds. The number of hydrogen-bond donors (Lipinski definition) is 1. The number of aromatic amines is 1. The van der Waals surface area contributed by atoms with Crippen molar-refractivity contribution >= 4 is 0 Å². The number of aromatic nitrogens is 3. The van der Waals surface area contributed by atoms with Crippen molar-refractivity contribution in [1.29, 1.82) is 0 Å². The SMILES string of the molecule is Cc1cnccc1-c1cccc(-c2ccn[nH]2)c1. The van der Waals surface area contributed by atoms with Crippen molar-refractivity contribution in [2.24, 2.45) is 0 Å². The Morgan fingerprint density at radius 3 is 2.67 bits per heavy atom. The maximum absolute atomic E-state index is 4.13. The molecule has 0 bridgehead atoms. The maximum Gasteiger partial charge on any atom is 0.0650 e. The standard InChI is InChI=1S/C15H13N3/c1-11-10-16-7-5-14(11)12-3-2-4-13(9-12)15-6-8-17-18-15/h2-10H,1H3,(H,17,18). The minimum Gasteiger partial charge on any atom is -0.278 e. The molecule has 0 spiro atoms. The van der Waals surface area contributed by atoms with Crippen LogP contribution in [0.2, 0.25) is 0 Å². The first-order valence-electron chi connectivity index (χ1n) is 5.85. The predicted molar refractivity (Wildman–Crippen MR) is 72.0 cm³/mol. The Morgan fingerprint density at radius 2 is 1.89 bits per heavy atom. The molecule has 0 aliphatic carbocycles. The number of benzene rings is 1. The first-order valence-corrected chi connectivity index (χ1v) is 5.85. The second kappa shape index (κ2) is 4.45. The molecule has 1 aromatic carbocycles. The second-order valence-corrected chi connectivity index (χ2v) is 4.24. The van der Waals surface area contributed by atoms with Crippen molar-refractivity contribution in [3.8, 4) is 22.4 Å². The third kappa shape index (κ3) is 1.91. The molecule has 18 heavy (non-hydrogen) atoms. The molecule has 3 rings (SSSR count). The largest absolute Gasteiger partial charge is 0.278 e. The van der Waals surface area contributed by atoms with Gasteiger partial charge in [-0.05, 0) is 41.8 Å². The van der Waals surface area contributed by atoms with Crippen LogP contribution in [-0.2, 0) is 0 Å². The third-order valence-corrected chi connectivity index (χ3v) is 3.01. The molecule has 0 aliphatic rings. The van der Waals surface area contributed by atoms with E-state index < -0.39 is 0 Å². The lowest BCUT2D eigenvalue weighted by Crippen LogP contribution is -1.86. The highest BCUT2D eigenvalue weighted by molar-refractivity contribution is 5.72. The minimum atomic E-state index is 1.03. The van der Waals surface area contributed by atoms with E-state index >= 15 is 0 Å². The van der Waals surface area contributed by atoms with Gasteiger partial charge < -0.3 is 0 Å². The normalized spacial score (nSPS) is 10.5. The molecule has 3 nitrogen and oxygen atoms in total. The van der Waals surface area contributed by atoms with E-state index in [0.29, 0.717) is 0 Å². The predicted octanol–water partition coefficient (Wildman–Crippen LogP) is 3.45. The molecule has 0 saturated carbocycles. The van der Waals surface area contributed by atoms with E-state index in [-0.39, 0.29) is 0 Å². The minimum absolute atomic E-state index is 1.03. The van der Waals surface area contributed by atoms with Crippen molar-refractivity contribution in [3.05, 3.63) is 60.6 Å². The quantitative estimate of drug-likeness (QED) is 0.739. The number of rotatable bonds is 2. The lowest BCUT2D eigenvalue weighted by Gasteiger charge is -2.06. The highest BCUT2D eigenvalue weighted by Crippen LogP contribution is 2.26. The first-order chi connectivity index (χ1) is 8.84. The van der Waals surface area contributed by atoms with Gasteiger partial charge in [-0.3, -0.25) is 10.1 Å². The van der Waals surface area contributed by atoms with Gasteiger partial charge in [0, 0.05) is 24.2 Å². The van der Waals surface area contributed by atoms with Gasteiger partial charge in [0.1, 0.15) is 0 Å². The summed E-state index contributed by atoms with van der Waals surface area (Å²) in [5.74, 6) is 0. The molecule has 0 unspecified atom stereocenters. The van der Waals surface area contributed by atoms with E-state index in [1.54, 1.807) is 6.20 Å². The smallest absolute Gasteiger partial charge is 0.0650 e. The van der Waals surface area contributed by atoms with E-state index in [4.69, 9.17) is 0 Å². The van der Waals surface area contributed by atoms with Crippen molar-refractivity contribution in [3.63, 3.8) is 0 Å². The van der Waals surface area contributed by atoms with Crippen LogP contribution in [0.4, 0.5) is 0 Å². The summed E-state index contributed by atoms with van der Waals surface area (Å²) in [4.78, 5) is 4.13. The molecule has 0 aliphatic heterocycles. The fraction of sp³-hybridized carbons (Fsp3) is 0.0667. The van der Waals surface area contributed by atoms with Crippen LogP contribution >= 0.6 is 0 Å². The van der Waals surface area contributed by atoms with Crippen molar-refractivity contribution in [2.45, 2.75) is 6.92 Å². The summed E-state index contributed by atoms with van der Waals surface area (Å²) < 4.78 is 0. The van der Waals surface area contributed by atoms with Crippen LogP contribution in [0.15, 0.2) is 55.0 Å². The Kier molecular flexibility index (Phi) is 2.65. The van der Waals surface area contributed by atoms with Crippen LogP contribution in [0.1, 0.15) is 5.56 Å². The molecule has 3 aromatic rings. The summed E-state index contributed by atoms with van der Waals surface area (Å²) in [5.41, 5.74) is 5.76. The number of hydrogen-bond acceptors (Lipinski definition) is 2.